The molecule has 1 amide bonds. The van der Waals surface area contributed by atoms with Gasteiger partial charge in [-0.1, -0.05) is 0 Å². The third kappa shape index (κ3) is 4.63. The Balaban J connectivity index is 1.52. The van der Waals surface area contributed by atoms with Crippen molar-refractivity contribution < 1.29 is 14.3 Å². The van der Waals surface area contributed by atoms with Crippen molar-refractivity contribution in [3.63, 3.8) is 0 Å². The molecule has 0 saturated carbocycles. The number of carbonyl (C=O) groups is 1. The van der Waals surface area contributed by atoms with E-state index in [0.717, 1.165) is 12.8 Å². The fourth-order valence-electron chi connectivity index (χ4n) is 3.67. The molecule has 2 atom stereocenters. The van der Waals surface area contributed by atoms with E-state index >= 15 is 0 Å². The van der Waals surface area contributed by atoms with Crippen LogP contribution in [0.1, 0.15) is 25.7 Å². The number of nitrogens with zero attached hydrogens (tertiary/aromatic N) is 7. The van der Waals surface area contributed by atoms with E-state index in [1.165, 1.54) is 19.1 Å². The Labute approximate surface area is 169 Å². The first-order chi connectivity index (χ1) is 14.1. The fraction of sp³-hybridized carbons (Fsp3) is 0.667. The number of likely N-dealkylation sites (tertiary alicyclic amines) is 1. The minimum absolute atomic E-state index is 0.119. The first kappa shape index (κ1) is 20.6. The van der Waals surface area contributed by atoms with Crippen molar-refractivity contribution in [3.8, 4) is 24.2 Å². The van der Waals surface area contributed by atoms with Gasteiger partial charge in [-0.3, -0.25) is 4.79 Å². The summed E-state index contributed by atoms with van der Waals surface area (Å²) in [6.45, 7) is 1.52. The summed E-state index contributed by atoms with van der Waals surface area (Å²) in [5, 5.41) is 21.7. The van der Waals surface area contributed by atoms with Gasteiger partial charge in [0.2, 0.25) is 11.9 Å². The van der Waals surface area contributed by atoms with Gasteiger partial charge in [-0.2, -0.15) is 20.5 Å². The Morgan fingerprint density at radius 1 is 1.03 bits per heavy atom. The van der Waals surface area contributed by atoms with Gasteiger partial charge in [0.05, 0.1) is 32.9 Å². The lowest BCUT2D eigenvalue weighted by molar-refractivity contribution is -0.131. The summed E-state index contributed by atoms with van der Waals surface area (Å²) >= 11 is 0. The molecule has 0 radical (unpaired) electrons. The molecule has 1 aromatic rings. The van der Waals surface area contributed by atoms with Gasteiger partial charge in [0.1, 0.15) is 12.1 Å². The number of aromatic nitrogens is 3. The first-order valence-electron chi connectivity index (χ1n) is 9.52. The number of rotatable bonds is 6. The van der Waals surface area contributed by atoms with Crippen LogP contribution in [-0.4, -0.2) is 77.7 Å². The zero-order valence-corrected chi connectivity index (χ0v) is 16.5. The van der Waals surface area contributed by atoms with Gasteiger partial charge in [-0.05, 0) is 25.7 Å². The lowest BCUT2D eigenvalue weighted by atomic mass is 10.1. The highest BCUT2D eigenvalue weighted by molar-refractivity contribution is 5.80. The normalized spacial score (nSPS) is 22.1. The van der Waals surface area contributed by atoms with Crippen molar-refractivity contribution in [3.05, 3.63) is 0 Å². The molecular formula is C18H24N8O3. The minimum atomic E-state index is -0.510. The molecule has 1 N–H and O–H groups in total. The summed E-state index contributed by atoms with van der Waals surface area (Å²) in [6, 6.07) is 3.77. The van der Waals surface area contributed by atoms with Crippen molar-refractivity contribution in [1.82, 2.24) is 25.2 Å². The Hall–Kier alpha value is -3.18. The Morgan fingerprint density at radius 3 is 2.07 bits per heavy atom. The van der Waals surface area contributed by atoms with Crippen LogP contribution in [0.3, 0.4) is 0 Å². The second-order valence-electron chi connectivity index (χ2n) is 6.92. The highest BCUT2D eigenvalue weighted by Gasteiger charge is 2.37. The van der Waals surface area contributed by atoms with Crippen molar-refractivity contribution in [1.29, 1.82) is 10.5 Å². The summed E-state index contributed by atoms with van der Waals surface area (Å²) in [5.41, 5.74) is 0. The minimum Gasteiger partial charge on any atom is -0.467 e. The number of anilines is 1. The summed E-state index contributed by atoms with van der Waals surface area (Å²) in [7, 11) is 2.97. The summed E-state index contributed by atoms with van der Waals surface area (Å²) in [5.74, 6) is 0.295. The first-order valence-corrected chi connectivity index (χ1v) is 9.52. The van der Waals surface area contributed by atoms with Crippen LogP contribution in [0.4, 0.5) is 5.95 Å². The molecule has 29 heavy (non-hydrogen) atoms. The predicted octanol–water partition coefficient (Wildman–Crippen LogP) is -0.146. The molecule has 0 aliphatic carbocycles. The number of piperidine rings is 1. The molecule has 0 unspecified atom stereocenters. The lowest BCUT2D eigenvalue weighted by Gasteiger charge is -2.33. The van der Waals surface area contributed by atoms with E-state index in [9.17, 15) is 15.3 Å². The van der Waals surface area contributed by atoms with Gasteiger partial charge in [0.25, 0.3) is 0 Å². The molecule has 2 aliphatic rings. The van der Waals surface area contributed by atoms with Crippen LogP contribution in [0, 0.1) is 22.7 Å². The number of hydrogen-bond acceptors (Lipinski definition) is 10. The highest BCUT2D eigenvalue weighted by atomic mass is 16.5. The molecule has 0 aromatic carbocycles. The van der Waals surface area contributed by atoms with E-state index in [0.29, 0.717) is 31.9 Å². The molecule has 2 saturated heterocycles. The van der Waals surface area contributed by atoms with Gasteiger partial charge in [0.15, 0.2) is 0 Å². The third-order valence-corrected chi connectivity index (χ3v) is 5.24. The van der Waals surface area contributed by atoms with E-state index in [1.54, 1.807) is 0 Å². The number of carbonyl (C=O) groups excluding carboxylic acids is 1. The Kier molecular flexibility index (Phi) is 6.62. The zero-order valence-electron chi connectivity index (χ0n) is 16.5. The SMILES string of the molecule is COc1nc(OC)nc(N2CCC(NCC(=O)N3[C@H](C#N)CC[C@@H]3C#N)CC2)n1. The number of hydrogen-bond donors (Lipinski definition) is 1. The summed E-state index contributed by atoms with van der Waals surface area (Å²) in [4.78, 5) is 28.5. The van der Waals surface area contributed by atoms with E-state index < -0.39 is 12.1 Å². The molecule has 2 fully saturated rings. The third-order valence-electron chi connectivity index (χ3n) is 5.24. The largest absolute Gasteiger partial charge is 0.467 e. The van der Waals surface area contributed by atoms with Gasteiger partial charge < -0.3 is 24.6 Å². The number of nitrogens with one attached hydrogen (secondary N) is 1. The lowest BCUT2D eigenvalue weighted by Crippen LogP contribution is -2.49. The predicted molar refractivity (Wildman–Crippen MR) is 101 cm³/mol. The van der Waals surface area contributed by atoms with Crippen LogP contribution < -0.4 is 19.7 Å². The van der Waals surface area contributed by atoms with Crippen molar-refractivity contribution in [2.75, 3.05) is 38.8 Å². The molecule has 0 spiro atoms. The molecular weight excluding hydrogens is 376 g/mol. The van der Waals surface area contributed by atoms with Crippen LogP contribution in [0.15, 0.2) is 0 Å². The topological polar surface area (TPSA) is 140 Å². The van der Waals surface area contributed by atoms with E-state index in [1.807, 2.05) is 4.90 Å². The van der Waals surface area contributed by atoms with E-state index in [4.69, 9.17) is 9.47 Å². The maximum absolute atomic E-state index is 12.5. The van der Waals surface area contributed by atoms with Crippen LogP contribution in [0.5, 0.6) is 12.0 Å². The van der Waals surface area contributed by atoms with Gasteiger partial charge in [-0.15, -0.1) is 4.98 Å². The van der Waals surface area contributed by atoms with Crippen molar-refractivity contribution in [2.24, 2.45) is 0 Å². The monoisotopic (exact) mass is 400 g/mol. The fourth-order valence-corrected chi connectivity index (χ4v) is 3.67. The molecule has 0 bridgehead atoms. The van der Waals surface area contributed by atoms with Crippen LogP contribution in [0.25, 0.3) is 0 Å². The second-order valence-corrected chi connectivity index (χ2v) is 6.92. The molecule has 1 aromatic heterocycles. The average Bonchev–Trinajstić information content (AvgIpc) is 3.20. The molecule has 3 heterocycles. The molecule has 2 aliphatic heterocycles. The number of ether oxygens (including phenoxy) is 2. The average molecular weight is 400 g/mol. The number of nitriles is 2. The van der Waals surface area contributed by atoms with Crippen LogP contribution in [-0.2, 0) is 4.79 Å². The van der Waals surface area contributed by atoms with Gasteiger partial charge in [-0.25, -0.2) is 0 Å². The smallest absolute Gasteiger partial charge is 0.324 e. The number of amides is 1. The summed E-state index contributed by atoms with van der Waals surface area (Å²) in [6.07, 6.45) is 2.70. The standard InChI is InChI=1S/C18H24N8O3/c1-28-17-22-16(23-18(24-17)29-2)25-7-5-12(6-8-25)21-11-15(27)26-13(9-19)3-4-14(26)10-20/h12-14,21H,3-8,11H2,1-2H3/t13-,14+. The van der Waals surface area contributed by atoms with Crippen molar-refractivity contribution in [2.45, 2.75) is 43.8 Å². The zero-order chi connectivity index (χ0) is 20.8. The molecule has 3 rings (SSSR count). The van der Waals surface area contributed by atoms with Gasteiger partial charge >= 0.3 is 12.0 Å². The maximum atomic E-state index is 12.5. The molecule has 11 heteroatoms. The molecule has 11 nitrogen and oxygen atoms in total. The summed E-state index contributed by atoms with van der Waals surface area (Å²) < 4.78 is 10.2. The maximum Gasteiger partial charge on any atom is 0.324 e. The quantitative estimate of drug-likeness (QED) is 0.685. The Morgan fingerprint density at radius 2 is 1.59 bits per heavy atom. The number of methoxy groups -OCH3 is 2. The van der Waals surface area contributed by atoms with Crippen molar-refractivity contribution >= 4 is 11.9 Å². The van der Waals surface area contributed by atoms with Gasteiger partial charge in [0, 0.05) is 19.1 Å². The van der Waals surface area contributed by atoms with E-state index in [-0.39, 0.29) is 30.5 Å². The second kappa shape index (κ2) is 9.34. The van der Waals surface area contributed by atoms with E-state index in [2.05, 4.69) is 32.4 Å². The van der Waals surface area contributed by atoms with Crippen LogP contribution >= 0.6 is 0 Å². The highest BCUT2D eigenvalue weighted by Crippen LogP contribution is 2.24. The Bertz CT molecular complexity index is 768. The van der Waals surface area contributed by atoms with Crippen LogP contribution in [0.2, 0.25) is 0 Å². The molecule has 154 valence electrons.